The molecule has 0 atom stereocenters. The summed E-state index contributed by atoms with van der Waals surface area (Å²) in [6.45, 7) is 0.976. The molecule has 0 fully saturated rings. The second-order valence-electron chi connectivity index (χ2n) is 3.72. The average Bonchev–Trinajstić information content (AvgIpc) is 2.35. The summed E-state index contributed by atoms with van der Waals surface area (Å²) in [5, 5.41) is 3.06. The number of hydrogen-bond acceptors (Lipinski definition) is 4. The molecule has 108 valence electrons. The van der Waals surface area contributed by atoms with Crippen molar-refractivity contribution >= 4 is 0 Å². The maximum absolute atomic E-state index is 11.9. The number of methoxy groups -OCH3 is 2. The first-order valence-corrected chi connectivity index (χ1v) is 5.55. The van der Waals surface area contributed by atoms with Crippen molar-refractivity contribution in [2.45, 2.75) is 19.2 Å². The molecule has 1 aromatic rings. The highest BCUT2D eigenvalue weighted by Gasteiger charge is 2.30. The fraction of sp³-hybridized carbons (Fsp3) is 0.500. The van der Waals surface area contributed by atoms with Gasteiger partial charge in [-0.1, -0.05) is 12.1 Å². The maximum atomic E-state index is 11.9. The minimum atomic E-state index is -4.66. The van der Waals surface area contributed by atoms with Gasteiger partial charge in [0.1, 0.15) is 5.75 Å². The van der Waals surface area contributed by atoms with E-state index in [2.05, 4.69) is 10.1 Å². The Morgan fingerprint density at radius 2 is 1.68 bits per heavy atom. The Bertz CT molecular complexity index is 363. The summed E-state index contributed by atoms with van der Waals surface area (Å²) >= 11 is 0. The van der Waals surface area contributed by atoms with Gasteiger partial charge in [-0.05, 0) is 17.7 Å². The van der Waals surface area contributed by atoms with Crippen molar-refractivity contribution in [2.24, 2.45) is 0 Å². The summed E-state index contributed by atoms with van der Waals surface area (Å²) in [5.74, 6) is -0.233. The van der Waals surface area contributed by atoms with E-state index in [0.717, 1.165) is 5.56 Å². The molecule has 0 spiro atoms. The Morgan fingerprint density at radius 1 is 1.11 bits per heavy atom. The average molecular weight is 279 g/mol. The lowest BCUT2D eigenvalue weighted by Gasteiger charge is -2.14. The van der Waals surface area contributed by atoms with E-state index in [4.69, 9.17) is 9.47 Å². The fourth-order valence-electron chi connectivity index (χ4n) is 1.41. The van der Waals surface area contributed by atoms with E-state index >= 15 is 0 Å². The summed E-state index contributed by atoms with van der Waals surface area (Å²) in [6, 6.07) is 5.66. The number of hydrogen-bond donors (Lipinski definition) is 1. The largest absolute Gasteiger partial charge is 0.573 e. The molecule has 4 nitrogen and oxygen atoms in total. The van der Waals surface area contributed by atoms with E-state index in [0.29, 0.717) is 13.1 Å². The highest BCUT2D eigenvalue weighted by molar-refractivity contribution is 5.27. The van der Waals surface area contributed by atoms with Crippen molar-refractivity contribution in [3.05, 3.63) is 29.8 Å². The second kappa shape index (κ2) is 7.32. The van der Waals surface area contributed by atoms with Crippen molar-refractivity contribution in [3.63, 3.8) is 0 Å². The van der Waals surface area contributed by atoms with Crippen LogP contribution in [0.3, 0.4) is 0 Å². The number of rotatable bonds is 7. The maximum Gasteiger partial charge on any atom is 0.573 e. The van der Waals surface area contributed by atoms with Crippen LogP contribution in [0.25, 0.3) is 0 Å². The van der Waals surface area contributed by atoms with Gasteiger partial charge in [-0.3, -0.25) is 0 Å². The van der Waals surface area contributed by atoms with Crippen molar-refractivity contribution < 1.29 is 27.4 Å². The van der Waals surface area contributed by atoms with Gasteiger partial charge < -0.3 is 19.5 Å². The molecule has 19 heavy (non-hydrogen) atoms. The molecular formula is C12H16F3NO3. The van der Waals surface area contributed by atoms with Gasteiger partial charge >= 0.3 is 6.36 Å². The van der Waals surface area contributed by atoms with Crippen LogP contribution in [0.2, 0.25) is 0 Å². The summed E-state index contributed by atoms with van der Waals surface area (Å²) in [7, 11) is 3.05. The number of alkyl halides is 3. The van der Waals surface area contributed by atoms with Crippen molar-refractivity contribution in [1.29, 1.82) is 0 Å². The smallest absolute Gasteiger partial charge is 0.406 e. The summed E-state index contributed by atoms with van der Waals surface area (Å²) in [5.41, 5.74) is 0.834. The Labute approximate surface area is 109 Å². The number of ether oxygens (including phenoxy) is 3. The molecule has 0 saturated heterocycles. The van der Waals surface area contributed by atoms with Crippen LogP contribution in [0.1, 0.15) is 5.56 Å². The lowest BCUT2D eigenvalue weighted by atomic mass is 10.2. The molecule has 0 bridgehead atoms. The van der Waals surface area contributed by atoms with Crippen LogP contribution in [0, 0.1) is 0 Å². The van der Waals surface area contributed by atoms with Gasteiger partial charge in [0, 0.05) is 27.3 Å². The molecule has 0 saturated carbocycles. The molecule has 1 aromatic carbocycles. The Kier molecular flexibility index (Phi) is 6.07. The van der Waals surface area contributed by atoms with E-state index in [-0.39, 0.29) is 12.0 Å². The zero-order valence-corrected chi connectivity index (χ0v) is 10.7. The molecule has 0 amide bonds. The summed E-state index contributed by atoms with van der Waals surface area (Å²) in [6.07, 6.45) is -5.02. The first kappa shape index (κ1) is 15.7. The molecule has 1 rings (SSSR count). The van der Waals surface area contributed by atoms with Gasteiger partial charge in [0.05, 0.1) is 0 Å². The summed E-state index contributed by atoms with van der Waals surface area (Å²) in [4.78, 5) is 0. The van der Waals surface area contributed by atoms with Gasteiger partial charge in [0.15, 0.2) is 6.29 Å². The highest BCUT2D eigenvalue weighted by Crippen LogP contribution is 2.22. The van der Waals surface area contributed by atoms with E-state index in [9.17, 15) is 13.2 Å². The third kappa shape index (κ3) is 6.42. The number of benzene rings is 1. The van der Waals surface area contributed by atoms with Gasteiger partial charge in [0.2, 0.25) is 0 Å². The topological polar surface area (TPSA) is 39.7 Å². The zero-order valence-electron chi connectivity index (χ0n) is 10.7. The lowest BCUT2D eigenvalue weighted by molar-refractivity contribution is -0.274. The minimum Gasteiger partial charge on any atom is -0.406 e. The van der Waals surface area contributed by atoms with Crippen LogP contribution in [-0.2, 0) is 16.0 Å². The normalized spacial score (nSPS) is 11.9. The standard InChI is InChI=1S/C12H16F3NO3/c1-17-11(18-2)8-16-7-9-3-5-10(6-4-9)19-12(13,14)15/h3-6,11,16H,7-8H2,1-2H3. The monoisotopic (exact) mass is 279 g/mol. The van der Waals surface area contributed by atoms with Crippen LogP contribution < -0.4 is 10.1 Å². The molecule has 0 unspecified atom stereocenters. The van der Waals surface area contributed by atoms with Crippen LogP contribution in [-0.4, -0.2) is 33.4 Å². The molecule has 7 heteroatoms. The summed E-state index contributed by atoms with van der Waals surface area (Å²) < 4.78 is 49.6. The quantitative estimate of drug-likeness (QED) is 0.777. The van der Waals surface area contributed by atoms with Crippen molar-refractivity contribution in [2.75, 3.05) is 20.8 Å². The van der Waals surface area contributed by atoms with E-state index < -0.39 is 6.36 Å². The Balaban J connectivity index is 2.40. The molecule has 0 aliphatic heterocycles. The van der Waals surface area contributed by atoms with Gasteiger partial charge in [-0.25, -0.2) is 0 Å². The lowest BCUT2D eigenvalue weighted by Crippen LogP contribution is -2.29. The number of halogens is 3. The predicted molar refractivity (Wildman–Crippen MR) is 62.6 cm³/mol. The van der Waals surface area contributed by atoms with E-state index in [1.165, 1.54) is 26.4 Å². The van der Waals surface area contributed by atoms with E-state index in [1.54, 1.807) is 12.1 Å². The number of nitrogens with one attached hydrogen (secondary N) is 1. The van der Waals surface area contributed by atoms with Crippen molar-refractivity contribution in [1.82, 2.24) is 5.32 Å². The van der Waals surface area contributed by atoms with E-state index in [1.807, 2.05) is 0 Å². The first-order valence-electron chi connectivity index (χ1n) is 5.55. The SMILES string of the molecule is COC(CNCc1ccc(OC(F)(F)F)cc1)OC. The first-order chi connectivity index (χ1) is 8.94. The molecule has 0 radical (unpaired) electrons. The molecule has 0 aliphatic carbocycles. The Hall–Kier alpha value is -1.31. The van der Waals surface area contributed by atoms with Gasteiger partial charge in [-0.15, -0.1) is 13.2 Å². The highest BCUT2D eigenvalue weighted by atomic mass is 19.4. The second-order valence-corrected chi connectivity index (χ2v) is 3.72. The molecule has 0 aromatic heterocycles. The molecule has 0 heterocycles. The van der Waals surface area contributed by atoms with Crippen molar-refractivity contribution in [3.8, 4) is 5.75 Å². The Morgan fingerprint density at radius 3 is 2.16 bits per heavy atom. The molecule has 0 aliphatic rings. The third-order valence-electron chi connectivity index (χ3n) is 2.32. The minimum absolute atomic E-state index is 0.233. The molecule has 1 N–H and O–H groups in total. The zero-order chi connectivity index (χ0) is 14.3. The van der Waals surface area contributed by atoms with Gasteiger partial charge in [0.25, 0.3) is 0 Å². The van der Waals surface area contributed by atoms with Crippen LogP contribution >= 0.6 is 0 Å². The van der Waals surface area contributed by atoms with Crippen LogP contribution in [0.4, 0.5) is 13.2 Å². The molecular weight excluding hydrogens is 263 g/mol. The van der Waals surface area contributed by atoms with Crippen LogP contribution in [0.15, 0.2) is 24.3 Å². The van der Waals surface area contributed by atoms with Gasteiger partial charge in [-0.2, -0.15) is 0 Å². The third-order valence-corrected chi connectivity index (χ3v) is 2.32. The predicted octanol–water partition coefficient (Wildman–Crippen LogP) is 2.29. The fourth-order valence-corrected chi connectivity index (χ4v) is 1.41. The van der Waals surface area contributed by atoms with Crippen LogP contribution in [0.5, 0.6) is 5.75 Å².